The van der Waals surface area contributed by atoms with Gasteiger partial charge in [0.25, 0.3) is 5.91 Å². The topological polar surface area (TPSA) is 58.6 Å². The van der Waals surface area contributed by atoms with Crippen LogP contribution in [0.5, 0.6) is 5.75 Å². The number of nitrogens with one attached hydrogen (secondary N) is 1. The normalized spacial score (nSPS) is 15.1. The minimum Gasteiger partial charge on any atom is -0.497 e. The Morgan fingerprint density at radius 3 is 2.37 bits per heavy atom. The predicted molar refractivity (Wildman–Crippen MR) is 140 cm³/mol. The number of methoxy groups -OCH3 is 1. The number of nitrogens with zero attached hydrogens (tertiary/aromatic N) is 1. The highest BCUT2D eigenvalue weighted by atomic mass is 16.5. The zero-order valence-electron chi connectivity index (χ0n) is 20.8. The van der Waals surface area contributed by atoms with Crippen molar-refractivity contribution in [1.29, 1.82) is 0 Å². The molecule has 180 valence electrons. The van der Waals surface area contributed by atoms with Crippen molar-refractivity contribution in [3.63, 3.8) is 0 Å². The summed E-state index contributed by atoms with van der Waals surface area (Å²) in [6, 6.07) is 23.0. The number of rotatable bonds is 7. The molecule has 0 fully saturated rings. The van der Waals surface area contributed by atoms with Gasteiger partial charge in [0.05, 0.1) is 7.11 Å². The SMILES string of the molecule is COc1ccc2c(c1)/C(=C/C(=O)c1ccc(C(=O)N(C)CCc3ccccc3)cc1)NC(C)(C)C2. The lowest BCUT2D eigenvalue weighted by Crippen LogP contribution is -2.43. The first-order valence-corrected chi connectivity index (χ1v) is 11.9. The summed E-state index contributed by atoms with van der Waals surface area (Å²) in [5, 5.41) is 3.50. The van der Waals surface area contributed by atoms with E-state index < -0.39 is 0 Å². The molecule has 4 rings (SSSR count). The molecule has 3 aromatic carbocycles. The molecule has 1 aliphatic rings. The lowest BCUT2D eigenvalue weighted by atomic mass is 9.85. The van der Waals surface area contributed by atoms with Crippen molar-refractivity contribution in [2.24, 2.45) is 0 Å². The molecule has 0 aliphatic carbocycles. The quantitative estimate of drug-likeness (QED) is 0.385. The number of amides is 1. The van der Waals surface area contributed by atoms with Gasteiger partial charge >= 0.3 is 0 Å². The summed E-state index contributed by atoms with van der Waals surface area (Å²) >= 11 is 0. The Balaban J connectivity index is 1.48. The van der Waals surface area contributed by atoms with E-state index in [1.54, 1.807) is 49.4 Å². The predicted octanol–water partition coefficient (Wildman–Crippen LogP) is 5.16. The molecular formula is C30H32N2O3. The zero-order chi connectivity index (χ0) is 25.0. The minimum absolute atomic E-state index is 0.0602. The van der Waals surface area contributed by atoms with Crippen LogP contribution in [-0.2, 0) is 12.8 Å². The number of likely N-dealkylation sites (N-methyl/N-ethyl adjacent to an activating group) is 1. The number of benzene rings is 3. The molecule has 5 nitrogen and oxygen atoms in total. The van der Waals surface area contributed by atoms with Crippen molar-refractivity contribution in [3.8, 4) is 5.75 Å². The summed E-state index contributed by atoms with van der Waals surface area (Å²) in [6.07, 6.45) is 3.29. The summed E-state index contributed by atoms with van der Waals surface area (Å²) in [4.78, 5) is 27.7. The summed E-state index contributed by atoms with van der Waals surface area (Å²) < 4.78 is 5.39. The van der Waals surface area contributed by atoms with Gasteiger partial charge in [-0.15, -0.1) is 0 Å². The molecule has 0 saturated heterocycles. The molecule has 0 bridgehead atoms. The number of allylic oxidation sites excluding steroid dienone is 1. The molecule has 0 saturated carbocycles. The van der Waals surface area contributed by atoms with E-state index in [-0.39, 0.29) is 17.2 Å². The highest BCUT2D eigenvalue weighted by Crippen LogP contribution is 2.32. The Bertz CT molecular complexity index is 1240. The van der Waals surface area contributed by atoms with Crippen LogP contribution in [0.15, 0.2) is 78.9 Å². The third-order valence-electron chi connectivity index (χ3n) is 6.33. The van der Waals surface area contributed by atoms with Gasteiger partial charge in [0.1, 0.15) is 5.75 Å². The smallest absolute Gasteiger partial charge is 0.253 e. The molecule has 5 heteroatoms. The van der Waals surface area contributed by atoms with Gasteiger partial charge in [0, 0.05) is 47.6 Å². The van der Waals surface area contributed by atoms with Gasteiger partial charge < -0.3 is 15.0 Å². The van der Waals surface area contributed by atoms with Crippen LogP contribution in [0, 0.1) is 0 Å². The molecule has 0 spiro atoms. The van der Waals surface area contributed by atoms with Crippen molar-refractivity contribution in [1.82, 2.24) is 10.2 Å². The lowest BCUT2D eigenvalue weighted by Gasteiger charge is -2.35. The molecule has 1 heterocycles. The average molecular weight is 469 g/mol. The van der Waals surface area contributed by atoms with E-state index in [0.29, 0.717) is 17.7 Å². The fourth-order valence-electron chi connectivity index (χ4n) is 4.41. The van der Waals surface area contributed by atoms with E-state index in [4.69, 9.17) is 4.74 Å². The molecule has 3 aromatic rings. The van der Waals surface area contributed by atoms with Crippen LogP contribution in [0.2, 0.25) is 0 Å². The molecule has 0 aromatic heterocycles. The number of ether oxygens (including phenoxy) is 1. The van der Waals surface area contributed by atoms with Gasteiger partial charge in [-0.25, -0.2) is 0 Å². The first-order chi connectivity index (χ1) is 16.8. The van der Waals surface area contributed by atoms with Gasteiger partial charge in [-0.1, -0.05) is 48.5 Å². The Hall–Kier alpha value is -3.86. The second-order valence-corrected chi connectivity index (χ2v) is 9.67. The highest BCUT2D eigenvalue weighted by Gasteiger charge is 2.28. The number of hydrogen-bond acceptors (Lipinski definition) is 4. The monoisotopic (exact) mass is 468 g/mol. The molecular weight excluding hydrogens is 436 g/mol. The molecule has 0 radical (unpaired) electrons. The molecule has 1 aliphatic heterocycles. The molecule has 1 amide bonds. The average Bonchev–Trinajstić information content (AvgIpc) is 2.86. The maximum absolute atomic E-state index is 13.1. The Kier molecular flexibility index (Phi) is 7.06. The van der Waals surface area contributed by atoms with Crippen molar-refractivity contribution in [3.05, 3.63) is 107 Å². The fraction of sp³-hybridized carbons (Fsp3) is 0.267. The van der Waals surface area contributed by atoms with Gasteiger partial charge in [0.15, 0.2) is 5.78 Å². The van der Waals surface area contributed by atoms with Crippen LogP contribution in [0.4, 0.5) is 0 Å². The van der Waals surface area contributed by atoms with E-state index in [1.165, 1.54) is 11.1 Å². The van der Waals surface area contributed by atoms with Crippen LogP contribution in [0.25, 0.3) is 5.70 Å². The lowest BCUT2D eigenvalue weighted by molar-refractivity contribution is 0.0796. The number of hydrogen-bond donors (Lipinski definition) is 1. The second-order valence-electron chi connectivity index (χ2n) is 9.67. The van der Waals surface area contributed by atoms with E-state index in [1.807, 2.05) is 30.3 Å². The van der Waals surface area contributed by atoms with E-state index in [9.17, 15) is 9.59 Å². The molecule has 35 heavy (non-hydrogen) atoms. The Labute approximate surface area is 207 Å². The van der Waals surface area contributed by atoms with Gasteiger partial charge in [-0.3, -0.25) is 9.59 Å². The van der Waals surface area contributed by atoms with Gasteiger partial charge in [-0.2, -0.15) is 0 Å². The number of ketones is 1. The Morgan fingerprint density at radius 2 is 1.69 bits per heavy atom. The Morgan fingerprint density at radius 1 is 1.00 bits per heavy atom. The van der Waals surface area contributed by atoms with Gasteiger partial charge in [0.2, 0.25) is 0 Å². The van der Waals surface area contributed by atoms with Crippen molar-refractivity contribution in [2.75, 3.05) is 20.7 Å². The molecule has 1 N–H and O–H groups in total. The van der Waals surface area contributed by atoms with E-state index in [0.717, 1.165) is 29.9 Å². The van der Waals surface area contributed by atoms with Crippen molar-refractivity contribution < 1.29 is 14.3 Å². The molecule has 0 unspecified atom stereocenters. The van der Waals surface area contributed by atoms with Crippen LogP contribution >= 0.6 is 0 Å². The number of fused-ring (bicyclic) bond motifs is 1. The standard InChI is InChI=1S/C30H32N2O3/c1-30(2)20-24-14-15-25(35-4)18-26(24)27(31-30)19-28(33)22-10-12-23(13-11-22)29(34)32(3)17-16-21-8-6-5-7-9-21/h5-15,18-19,31H,16-17,20H2,1-4H3/b27-19-. The van der Waals surface area contributed by atoms with Crippen molar-refractivity contribution >= 4 is 17.4 Å². The summed E-state index contributed by atoms with van der Waals surface area (Å²) in [6.45, 7) is 4.86. The van der Waals surface area contributed by atoms with Crippen molar-refractivity contribution in [2.45, 2.75) is 32.2 Å². The number of carbonyl (C=O) groups is 2. The minimum atomic E-state index is -0.172. The van der Waals surface area contributed by atoms with Crippen LogP contribution in [0.3, 0.4) is 0 Å². The molecule has 0 atom stereocenters. The van der Waals surface area contributed by atoms with Gasteiger partial charge in [-0.05, 0) is 62.1 Å². The summed E-state index contributed by atoms with van der Waals surface area (Å²) in [5.74, 6) is 0.577. The summed E-state index contributed by atoms with van der Waals surface area (Å²) in [5.41, 5.74) is 5.05. The van der Waals surface area contributed by atoms with Crippen LogP contribution in [0.1, 0.15) is 51.3 Å². The maximum Gasteiger partial charge on any atom is 0.253 e. The fourth-order valence-corrected chi connectivity index (χ4v) is 4.41. The van der Waals surface area contributed by atoms with E-state index in [2.05, 4.69) is 37.4 Å². The highest BCUT2D eigenvalue weighted by molar-refractivity contribution is 6.09. The van der Waals surface area contributed by atoms with Crippen LogP contribution in [-0.4, -0.2) is 42.8 Å². The third kappa shape index (κ3) is 5.80. The van der Waals surface area contributed by atoms with E-state index >= 15 is 0 Å². The third-order valence-corrected chi connectivity index (χ3v) is 6.33. The first kappa shape index (κ1) is 24.3. The second kappa shape index (κ2) is 10.2. The number of carbonyl (C=O) groups excluding carboxylic acids is 2. The first-order valence-electron chi connectivity index (χ1n) is 11.9. The largest absolute Gasteiger partial charge is 0.497 e. The summed E-state index contributed by atoms with van der Waals surface area (Å²) in [7, 11) is 3.44. The van der Waals surface area contributed by atoms with Crippen LogP contribution < -0.4 is 10.1 Å². The zero-order valence-corrected chi connectivity index (χ0v) is 20.8. The maximum atomic E-state index is 13.1.